The maximum absolute atomic E-state index is 5.06. The second kappa shape index (κ2) is 6.74. The highest BCUT2D eigenvalue weighted by atomic mass is 16.5. The highest BCUT2D eigenvalue weighted by molar-refractivity contribution is 5.66. The van der Waals surface area contributed by atoms with Gasteiger partial charge in [0.25, 0.3) is 0 Å². The van der Waals surface area contributed by atoms with E-state index in [4.69, 9.17) is 4.52 Å². The summed E-state index contributed by atoms with van der Waals surface area (Å²) in [5.74, 6) is 2.50. The summed E-state index contributed by atoms with van der Waals surface area (Å²) < 4.78 is 5.06. The van der Waals surface area contributed by atoms with Crippen molar-refractivity contribution in [2.24, 2.45) is 0 Å². The number of aryl methyl sites for hydroxylation is 1. The molecule has 0 aliphatic carbocycles. The summed E-state index contributed by atoms with van der Waals surface area (Å²) in [7, 11) is 0. The van der Waals surface area contributed by atoms with Crippen LogP contribution in [-0.2, 0) is 0 Å². The van der Waals surface area contributed by atoms with Crippen LogP contribution in [0.2, 0.25) is 0 Å². The molecule has 6 heteroatoms. The number of nitrogens with one attached hydrogen (secondary N) is 2. The maximum atomic E-state index is 5.06. The topological polar surface area (TPSA) is 75.9 Å². The van der Waals surface area contributed by atoms with E-state index in [0.717, 1.165) is 17.0 Å². The summed E-state index contributed by atoms with van der Waals surface area (Å²) in [5, 5.41) is 10.2. The van der Waals surface area contributed by atoms with Crippen molar-refractivity contribution in [3.8, 4) is 11.3 Å². The Morgan fingerprint density at radius 3 is 2.65 bits per heavy atom. The molecule has 0 spiro atoms. The maximum Gasteiger partial charge on any atom is 0.225 e. The van der Waals surface area contributed by atoms with Crippen LogP contribution in [0, 0.1) is 6.92 Å². The minimum atomic E-state index is 0.522. The zero-order valence-corrected chi connectivity index (χ0v) is 12.8. The summed E-state index contributed by atoms with van der Waals surface area (Å²) in [6.45, 7) is 6.12. The normalized spacial score (nSPS) is 10.3. The molecule has 0 fully saturated rings. The van der Waals surface area contributed by atoms with Gasteiger partial charge < -0.3 is 15.2 Å². The Kier molecular flexibility index (Phi) is 4.33. The largest absolute Gasteiger partial charge is 0.360 e. The Labute approximate surface area is 134 Å². The van der Waals surface area contributed by atoms with Gasteiger partial charge in [-0.1, -0.05) is 41.6 Å². The summed E-state index contributed by atoms with van der Waals surface area (Å²) >= 11 is 0. The van der Waals surface area contributed by atoms with Crippen LogP contribution < -0.4 is 10.6 Å². The van der Waals surface area contributed by atoms with E-state index in [2.05, 4.69) is 32.3 Å². The summed E-state index contributed by atoms with van der Waals surface area (Å²) in [5.41, 5.74) is 1.82. The van der Waals surface area contributed by atoms with Gasteiger partial charge in [0.1, 0.15) is 11.6 Å². The highest BCUT2D eigenvalue weighted by Crippen LogP contribution is 2.23. The molecule has 0 amide bonds. The molecular weight excluding hydrogens is 290 g/mol. The zero-order chi connectivity index (χ0) is 16.1. The zero-order valence-electron chi connectivity index (χ0n) is 12.8. The van der Waals surface area contributed by atoms with Crippen molar-refractivity contribution >= 4 is 17.6 Å². The smallest absolute Gasteiger partial charge is 0.225 e. The first-order valence-electron chi connectivity index (χ1n) is 7.24. The van der Waals surface area contributed by atoms with Crippen molar-refractivity contribution in [2.45, 2.75) is 6.92 Å². The molecule has 0 aliphatic heterocycles. The number of hydrogen-bond donors (Lipinski definition) is 2. The predicted molar refractivity (Wildman–Crippen MR) is 90.7 cm³/mol. The van der Waals surface area contributed by atoms with Crippen LogP contribution in [0.4, 0.5) is 17.6 Å². The first-order valence-corrected chi connectivity index (χ1v) is 7.24. The van der Waals surface area contributed by atoms with E-state index in [0.29, 0.717) is 24.1 Å². The third kappa shape index (κ3) is 3.74. The standard InChI is InChI=1S/C17H17N5O/c1-3-9-18-17-19-14(13-7-5-4-6-8-13)11-15(21-17)20-16-10-12(2)23-22-16/h3-8,10-11H,1,9H2,2H3,(H2,18,19,20,21,22). The molecule has 23 heavy (non-hydrogen) atoms. The lowest BCUT2D eigenvalue weighted by molar-refractivity contribution is 0.400. The molecule has 2 heterocycles. The van der Waals surface area contributed by atoms with Crippen molar-refractivity contribution in [3.05, 3.63) is 60.9 Å². The van der Waals surface area contributed by atoms with Crippen LogP contribution in [0.5, 0.6) is 0 Å². The van der Waals surface area contributed by atoms with Crippen molar-refractivity contribution in [2.75, 3.05) is 17.2 Å². The van der Waals surface area contributed by atoms with Gasteiger partial charge in [0, 0.05) is 24.2 Å². The number of benzene rings is 1. The predicted octanol–water partition coefficient (Wildman–Crippen LogP) is 3.78. The van der Waals surface area contributed by atoms with Gasteiger partial charge >= 0.3 is 0 Å². The van der Waals surface area contributed by atoms with Crippen molar-refractivity contribution < 1.29 is 4.52 Å². The van der Waals surface area contributed by atoms with E-state index in [1.54, 1.807) is 12.1 Å². The SMILES string of the molecule is C=CCNc1nc(Nc2cc(C)on2)cc(-c2ccccc2)n1. The fourth-order valence-electron chi connectivity index (χ4n) is 2.07. The molecule has 0 saturated carbocycles. The first-order chi connectivity index (χ1) is 11.2. The molecule has 0 radical (unpaired) electrons. The second-order valence-electron chi connectivity index (χ2n) is 4.95. The highest BCUT2D eigenvalue weighted by Gasteiger charge is 2.08. The lowest BCUT2D eigenvalue weighted by Gasteiger charge is -2.09. The molecule has 0 unspecified atom stereocenters. The second-order valence-corrected chi connectivity index (χ2v) is 4.95. The van der Waals surface area contributed by atoms with Gasteiger partial charge in [0.05, 0.1) is 5.69 Å². The van der Waals surface area contributed by atoms with Gasteiger partial charge in [-0.25, -0.2) is 4.98 Å². The third-order valence-corrected chi connectivity index (χ3v) is 3.08. The van der Waals surface area contributed by atoms with Gasteiger partial charge in [-0.2, -0.15) is 4.98 Å². The van der Waals surface area contributed by atoms with Crippen LogP contribution in [0.1, 0.15) is 5.76 Å². The average Bonchev–Trinajstić information content (AvgIpc) is 2.98. The molecule has 116 valence electrons. The van der Waals surface area contributed by atoms with Crippen LogP contribution in [0.25, 0.3) is 11.3 Å². The van der Waals surface area contributed by atoms with E-state index >= 15 is 0 Å². The quantitative estimate of drug-likeness (QED) is 0.675. The van der Waals surface area contributed by atoms with Crippen LogP contribution in [-0.4, -0.2) is 21.7 Å². The van der Waals surface area contributed by atoms with E-state index < -0.39 is 0 Å². The van der Waals surface area contributed by atoms with E-state index in [9.17, 15) is 0 Å². The molecule has 1 aromatic carbocycles. The Morgan fingerprint density at radius 1 is 1.13 bits per heavy atom. The number of aromatic nitrogens is 3. The van der Waals surface area contributed by atoms with E-state index in [-0.39, 0.29) is 0 Å². The van der Waals surface area contributed by atoms with Gasteiger partial charge in [0.2, 0.25) is 5.95 Å². The molecule has 0 aliphatic rings. The average molecular weight is 307 g/mol. The Hall–Kier alpha value is -3.15. The molecular formula is C17H17N5O. The van der Waals surface area contributed by atoms with Crippen molar-refractivity contribution in [1.82, 2.24) is 15.1 Å². The Balaban J connectivity index is 1.95. The van der Waals surface area contributed by atoms with Gasteiger partial charge in [-0.05, 0) is 6.92 Å². The molecule has 3 rings (SSSR count). The van der Waals surface area contributed by atoms with Crippen LogP contribution in [0.15, 0.2) is 59.6 Å². The molecule has 0 saturated heterocycles. The molecule has 6 nitrogen and oxygen atoms in total. The third-order valence-electron chi connectivity index (χ3n) is 3.08. The van der Waals surface area contributed by atoms with Crippen molar-refractivity contribution in [1.29, 1.82) is 0 Å². The monoisotopic (exact) mass is 307 g/mol. The number of anilines is 3. The van der Waals surface area contributed by atoms with Gasteiger partial charge in [-0.15, -0.1) is 6.58 Å². The van der Waals surface area contributed by atoms with E-state index in [1.807, 2.05) is 43.3 Å². The fourth-order valence-corrected chi connectivity index (χ4v) is 2.07. The molecule has 0 bridgehead atoms. The summed E-state index contributed by atoms with van der Waals surface area (Å²) in [6, 6.07) is 13.6. The van der Waals surface area contributed by atoms with Gasteiger partial charge in [-0.3, -0.25) is 0 Å². The summed E-state index contributed by atoms with van der Waals surface area (Å²) in [4.78, 5) is 8.97. The minimum Gasteiger partial charge on any atom is -0.360 e. The minimum absolute atomic E-state index is 0.522. The first kappa shape index (κ1) is 14.8. The lowest BCUT2D eigenvalue weighted by Crippen LogP contribution is -2.06. The molecule has 3 aromatic rings. The molecule has 0 atom stereocenters. The lowest BCUT2D eigenvalue weighted by atomic mass is 10.1. The summed E-state index contributed by atoms with van der Waals surface area (Å²) in [6.07, 6.45) is 1.76. The number of rotatable bonds is 6. The van der Waals surface area contributed by atoms with Gasteiger partial charge in [0.15, 0.2) is 5.82 Å². The number of nitrogens with zero attached hydrogens (tertiary/aromatic N) is 3. The van der Waals surface area contributed by atoms with Crippen LogP contribution in [0.3, 0.4) is 0 Å². The Morgan fingerprint density at radius 2 is 1.96 bits per heavy atom. The fraction of sp³-hybridized carbons (Fsp3) is 0.118. The Bertz CT molecular complexity index is 798. The van der Waals surface area contributed by atoms with E-state index in [1.165, 1.54) is 0 Å². The molecule has 2 aromatic heterocycles. The van der Waals surface area contributed by atoms with Crippen LogP contribution >= 0.6 is 0 Å². The molecule has 2 N–H and O–H groups in total. The number of hydrogen-bond acceptors (Lipinski definition) is 6. The van der Waals surface area contributed by atoms with Crippen molar-refractivity contribution in [3.63, 3.8) is 0 Å².